The Morgan fingerprint density at radius 2 is 1.92 bits per heavy atom. The lowest BCUT2D eigenvalue weighted by atomic mass is 10.0. The Morgan fingerprint density at radius 3 is 2.44 bits per heavy atom. The number of hydrogen-bond acceptors (Lipinski definition) is 3. The van der Waals surface area contributed by atoms with Gasteiger partial charge in [0.15, 0.2) is 0 Å². The highest BCUT2D eigenvalue weighted by Gasteiger charge is 2.30. The molecule has 0 aromatic heterocycles. The second kappa shape index (κ2) is 7.37. The van der Waals surface area contributed by atoms with Crippen molar-refractivity contribution in [3.8, 4) is 0 Å². The number of benzene rings is 1. The van der Waals surface area contributed by atoms with Gasteiger partial charge in [0, 0.05) is 19.2 Å². The van der Waals surface area contributed by atoms with Crippen molar-refractivity contribution in [2.75, 3.05) is 19.6 Å². The van der Waals surface area contributed by atoms with Crippen LogP contribution in [0.4, 0.5) is 18.0 Å². The van der Waals surface area contributed by atoms with E-state index in [1.807, 2.05) is 0 Å². The highest BCUT2D eigenvalue weighted by Crippen LogP contribution is 2.29. The molecule has 0 saturated carbocycles. The molecule has 1 heterocycles. The molecule has 1 aromatic carbocycles. The van der Waals surface area contributed by atoms with E-state index in [0.717, 1.165) is 17.0 Å². The maximum absolute atomic E-state index is 12.5. The van der Waals surface area contributed by atoms with E-state index in [-0.39, 0.29) is 25.5 Å². The fourth-order valence-corrected chi connectivity index (χ4v) is 2.23. The van der Waals surface area contributed by atoms with Gasteiger partial charge in [0.2, 0.25) is 11.8 Å². The summed E-state index contributed by atoms with van der Waals surface area (Å²) in [4.78, 5) is 35.5. The number of allylic oxidation sites excluding steroid dienone is 1. The summed E-state index contributed by atoms with van der Waals surface area (Å²) in [6, 6.07) is 3.96. The van der Waals surface area contributed by atoms with Gasteiger partial charge in [-0.3, -0.25) is 14.5 Å². The number of hydrogen-bond donors (Lipinski definition) is 2. The highest BCUT2D eigenvalue weighted by molar-refractivity contribution is 6.02. The van der Waals surface area contributed by atoms with Crippen LogP contribution in [0, 0.1) is 0 Å². The van der Waals surface area contributed by atoms with E-state index in [1.54, 1.807) is 6.92 Å². The molecule has 4 amide bonds. The Hall–Kier alpha value is -2.84. The highest BCUT2D eigenvalue weighted by atomic mass is 19.4. The van der Waals surface area contributed by atoms with Crippen molar-refractivity contribution in [3.63, 3.8) is 0 Å². The van der Waals surface area contributed by atoms with Crippen molar-refractivity contribution in [3.05, 3.63) is 41.5 Å². The summed E-state index contributed by atoms with van der Waals surface area (Å²) in [5, 5.41) is 4.88. The Balaban J connectivity index is 1.89. The number of rotatable bonds is 5. The smallest absolute Gasteiger partial charge is 0.351 e. The number of amides is 4. The summed E-state index contributed by atoms with van der Waals surface area (Å²) in [5.74, 6) is -0.833. The van der Waals surface area contributed by atoms with E-state index in [2.05, 4.69) is 10.6 Å². The second-order valence-corrected chi connectivity index (χ2v) is 5.40. The van der Waals surface area contributed by atoms with Crippen LogP contribution in [0.15, 0.2) is 30.3 Å². The standard InChI is InChI=1S/C16H16F3N3O3/c1-10(11-2-4-12(5-3-11)16(17,18)19)8-13(23)20-6-7-22-14(24)9-21-15(22)25/h2-5,8H,6-7,9H2,1H3,(H,20,23)(H,21,25). The number of urea groups is 1. The fourth-order valence-electron chi connectivity index (χ4n) is 2.23. The summed E-state index contributed by atoms with van der Waals surface area (Å²) in [6.07, 6.45) is -3.17. The Bertz CT molecular complexity index is 696. The molecule has 0 unspecified atom stereocenters. The molecule has 6 nitrogen and oxygen atoms in total. The molecule has 1 fully saturated rings. The number of carbonyl (C=O) groups excluding carboxylic acids is 3. The van der Waals surface area contributed by atoms with Crippen LogP contribution in [0.25, 0.3) is 5.57 Å². The van der Waals surface area contributed by atoms with Gasteiger partial charge in [-0.2, -0.15) is 13.2 Å². The minimum Gasteiger partial charge on any atom is -0.351 e. The van der Waals surface area contributed by atoms with Crippen molar-refractivity contribution in [1.82, 2.24) is 15.5 Å². The molecule has 2 N–H and O–H groups in total. The third kappa shape index (κ3) is 4.82. The van der Waals surface area contributed by atoms with E-state index >= 15 is 0 Å². The van der Waals surface area contributed by atoms with Crippen molar-refractivity contribution in [1.29, 1.82) is 0 Å². The lowest BCUT2D eigenvalue weighted by Crippen LogP contribution is -2.38. The van der Waals surface area contributed by atoms with Crippen LogP contribution in [0.5, 0.6) is 0 Å². The molecule has 0 spiro atoms. The SMILES string of the molecule is CC(=CC(=O)NCCN1C(=O)CNC1=O)c1ccc(C(F)(F)F)cc1. The van der Waals surface area contributed by atoms with Crippen molar-refractivity contribution >= 4 is 23.4 Å². The maximum atomic E-state index is 12.5. The lowest BCUT2D eigenvalue weighted by Gasteiger charge is -2.12. The minimum absolute atomic E-state index is 0.0452. The summed E-state index contributed by atoms with van der Waals surface area (Å²) in [6.45, 7) is 1.66. The van der Waals surface area contributed by atoms with Crippen LogP contribution in [-0.4, -0.2) is 42.4 Å². The first kappa shape index (κ1) is 18.5. The predicted octanol–water partition coefficient (Wildman–Crippen LogP) is 1.78. The van der Waals surface area contributed by atoms with Crippen LogP contribution in [0.2, 0.25) is 0 Å². The van der Waals surface area contributed by atoms with Crippen LogP contribution in [0.1, 0.15) is 18.1 Å². The number of nitrogens with zero attached hydrogens (tertiary/aromatic N) is 1. The molecular weight excluding hydrogens is 339 g/mol. The first-order valence-electron chi connectivity index (χ1n) is 7.40. The van der Waals surface area contributed by atoms with E-state index < -0.39 is 23.7 Å². The van der Waals surface area contributed by atoms with Gasteiger partial charge in [0.05, 0.1) is 12.1 Å². The van der Waals surface area contributed by atoms with E-state index in [1.165, 1.54) is 18.2 Å². The van der Waals surface area contributed by atoms with Gasteiger partial charge in [-0.15, -0.1) is 0 Å². The molecule has 1 aliphatic rings. The minimum atomic E-state index is -4.41. The summed E-state index contributed by atoms with van der Waals surface area (Å²) < 4.78 is 37.6. The van der Waals surface area contributed by atoms with E-state index in [0.29, 0.717) is 11.1 Å². The van der Waals surface area contributed by atoms with Crippen LogP contribution in [-0.2, 0) is 15.8 Å². The molecule has 1 aliphatic heterocycles. The van der Waals surface area contributed by atoms with Crippen LogP contribution < -0.4 is 10.6 Å². The largest absolute Gasteiger partial charge is 0.416 e. The molecule has 1 saturated heterocycles. The van der Waals surface area contributed by atoms with Crippen LogP contribution in [0.3, 0.4) is 0 Å². The first-order chi connectivity index (χ1) is 11.7. The second-order valence-electron chi connectivity index (χ2n) is 5.40. The van der Waals surface area contributed by atoms with Gasteiger partial charge in [0.25, 0.3) is 0 Å². The summed E-state index contributed by atoms with van der Waals surface area (Å²) >= 11 is 0. The summed E-state index contributed by atoms with van der Waals surface area (Å²) in [7, 11) is 0. The Morgan fingerprint density at radius 1 is 1.28 bits per heavy atom. The Kier molecular flexibility index (Phi) is 5.45. The monoisotopic (exact) mass is 355 g/mol. The average molecular weight is 355 g/mol. The molecule has 9 heteroatoms. The van der Waals surface area contributed by atoms with Crippen molar-refractivity contribution < 1.29 is 27.6 Å². The number of carbonyl (C=O) groups is 3. The van der Waals surface area contributed by atoms with Gasteiger partial charge in [-0.1, -0.05) is 12.1 Å². The van der Waals surface area contributed by atoms with Gasteiger partial charge in [0.1, 0.15) is 0 Å². The molecule has 25 heavy (non-hydrogen) atoms. The molecule has 0 atom stereocenters. The lowest BCUT2D eigenvalue weighted by molar-refractivity contribution is -0.137. The normalized spacial score (nSPS) is 15.4. The number of halogens is 3. The Labute approximate surface area is 141 Å². The third-order valence-corrected chi connectivity index (χ3v) is 3.59. The summed E-state index contributed by atoms with van der Waals surface area (Å²) in [5.41, 5.74) is 0.209. The molecule has 2 rings (SSSR count). The maximum Gasteiger partial charge on any atom is 0.416 e. The van der Waals surface area contributed by atoms with Crippen LogP contribution >= 0.6 is 0 Å². The molecule has 0 aliphatic carbocycles. The zero-order valence-corrected chi connectivity index (χ0v) is 13.3. The van der Waals surface area contributed by atoms with Crippen molar-refractivity contribution in [2.45, 2.75) is 13.1 Å². The quantitative estimate of drug-likeness (QED) is 0.624. The molecular formula is C16H16F3N3O3. The van der Waals surface area contributed by atoms with Gasteiger partial charge in [-0.05, 0) is 30.2 Å². The van der Waals surface area contributed by atoms with Gasteiger partial charge >= 0.3 is 12.2 Å². The van der Waals surface area contributed by atoms with Gasteiger partial charge < -0.3 is 10.6 Å². The molecule has 0 bridgehead atoms. The zero-order chi connectivity index (χ0) is 18.6. The zero-order valence-electron chi connectivity index (χ0n) is 13.3. The van der Waals surface area contributed by atoms with E-state index in [4.69, 9.17) is 0 Å². The molecule has 0 radical (unpaired) electrons. The number of alkyl halides is 3. The third-order valence-electron chi connectivity index (χ3n) is 3.59. The van der Waals surface area contributed by atoms with E-state index in [9.17, 15) is 27.6 Å². The molecule has 134 valence electrons. The molecule has 1 aromatic rings. The van der Waals surface area contributed by atoms with Gasteiger partial charge in [-0.25, -0.2) is 4.79 Å². The number of imide groups is 1. The topological polar surface area (TPSA) is 78.5 Å². The fraction of sp³-hybridized carbons (Fsp3) is 0.312. The predicted molar refractivity (Wildman–Crippen MR) is 83.2 cm³/mol. The van der Waals surface area contributed by atoms with Crippen molar-refractivity contribution in [2.24, 2.45) is 0 Å². The number of nitrogens with one attached hydrogen (secondary N) is 2. The first-order valence-corrected chi connectivity index (χ1v) is 7.40. The average Bonchev–Trinajstić information content (AvgIpc) is 2.86.